The van der Waals surface area contributed by atoms with Gasteiger partial charge in [0.05, 0.1) is 19.0 Å². The van der Waals surface area contributed by atoms with Crippen LogP contribution in [0.2, 0.25) is 0 Å². The Morgan fingerprint density at radius 1 is 1.30 bits per heavy atom. The lowest BCUT2D eigenvalue weighted by Gasteiger charge is -2.34. The number of anilines is 1. The number of nitrogens with zero attached hydrogens (tertiary/aromatic N) is 3. The molecule has 0 atom stereocenters. The highest BCUT2D eigenvalue weighted by atomic mass is 32.1. The maximum Gasteiger partial charge on any atom is 0.321 e. The van der Waals surface area contributed by atoms with E-state index < -0.39 is 0 Å². The summed E-state index contributed by atoms with van der Waals surface area (Å²) >= 11 is 1.72. The van der Waals surface area contributed by atoms with E-state index in [1.54, 1.807) is 36.8 Å². The first-order valence-electron chi connectivity index (χ1n) is 7.54. The minimum Gasteiger partial charge on any atom is -0.481 e. The predicted molar refractivity (Wildman–Crippen MR) is 91.0 cm³/mol. The molecular weight excluding hydrogens is 312 g/mol. The second kappa shape index (κ2) is 7.43. The molecule has 3 rings (SSSR count). The molecule has 0 aliphatic carbocycles. The summed E-state index contributed by atoms with van der Waals surface area (Å²) in [6.45, 7) is 4.22. The molecule has 1 saturated heterocycles. The lowest BCUT2D eigenvalue weighted by atomic mass is 10.2. The van der Waals surface area contributed by atoms with Crippen LogP contribution in [0, 0.1) is 0 Å². The fourth-order valence-corrected chi connectivity index (χ4v) is 3.19. The van der Waals surface area contributed by atoms with Gasteiger partial charge in [-0.15, -0.1) is 0 Å². The summed E-state index contributed by atoms with van der Waals surface area (Å²) in [5.41, 5.74) is 2.02. The zero-order chi connectivity index (χ0) is 16.1. The molecule has 0 unspecified atom stereocenters. The molecule has 2 amide bonds. The Balaban J connectivity index is 1.47. The van der Waals surface area contributed by atoms with Crippen LogP contribution in [-0.4, -0.2) is 54.1 Å². The fourth-order valence-electron chi connectivity index (χ4n) is 2.53. The third-order valence-corrected chi connectivity index (χ3v) is 4.57. The monoisotopic (exact) mass is 332 g/mol. The van der Waals surface area contributed by atoms with Crippen LogP contribution in [0.15, 0.2) is 35.2 Å². The second-order valence-corrected chi connectivity index (χ2v) is 6.19. The average Bonchev–Trinajstić information content (AvgIpc) is 3.09. The molecule has 0 spiro atoms. The molecule has 2 aromatic heterocycles. The van der Waals surface area contributed by atoms with Crippen molar-refractivity contribution < 1.29 is 9.53 Å². The summed E-state index contributed by atoms with van der Waals surface area (Å²) in [7, 11) is 1.57. The highest BCUT2D eigenvalue weighted by Gasteiger charge is 2.21. The highest BCUT2D eigenvalue weighted by molar-refractivity contribution is 7.07. The topological polar surface area (TPSA) is 57.7 Å². The molecule has 1 aliphatic heterocycles. The zero-order valence-electron chi connectivity index (χ0n) is 13.1. The number of amides is 2. The molecule has 0 saturated carbocycles. The standard InChI is InChI=1S/C16H20N4O2S/c1-22-15-3-2-14(10-17-15)18-16(21)20-7-5-19(6-8-20)11-13-4-9-23-12-13/h2-4,9-10,12H,5-8,11H2,1H3,(H,18,21). The molecule has 0 aromatic carbocycles. The Bertz CT molecular complexity index is 622. The van der Waals surface area contributed by atoms with Crippen LogP contribution in [0.25, 0.3) is 0 Å². The van der Waals surface area contributed by atoms with Gasteiger partial charge in [-0.2, -0.15) is 11.3 Å². The number of thiophene rings is 1. The Kier molecular flexibility index (Phi) is 5.09. The summed E-state index contributed by atoms with van der Waals surface area (Å²) in [6.07, 6.45) is 1.60. The van der Waals surface area contributed by atoms with Crippen molar-refractivity contribution >= 4 is 23.1 Å². The van der Waals surface area contributed by atoms with E-state index in [-0.39, 0.29) is 6.03 Å². The number of carbonyl (C=O) groups excluding carboxylic acids is 1. The number of ether oxygens (including phenoxy) is 1. The van der Waals surface area contributed by atoms with E-state index in [1.807, 2.05) is 4.90 Å². The van der Waals surface area contributed by atoms with Crippen LogP contribution in [0.5, 0.6) is 5.88 Å². The fraction of sp³-hybridized carbons (Fsp3) is 0.375. The van der Waals surface area contributed by atoms with Gasteiger partial charge in [0.2, 0.25) is 5.88 Å². The van der Waals surface area contributed by atoms with Crippen molar-refractivity contribution in [3.63, 3.8) is 0 Å². The normalized spacial score (nSPS) is 15.4. The number of hydrogen-bond acceptors (Lipinski definition) is 5. The SMILES string of the molecule is COc1ccc(NC(=O)N2CCN(Cc3ccsc3)CC2)cn1. The lowest BCUT2D eigenvalue weighted by molar-refractivity contribution is 0.143. The van der Waals surface area contributed by atoms with E-state index in [1.165, 1.54) is 5.56 Å². The van der Waals surface area contributed by atoms with Gasteiger partial charge in [-0.05, 0) is 28.5 Å². The van der Waals surface area contributed by atoms with Crippen LogP contribution in [0.4, 0.5) is 10.5 Å². The van der Waals surface area contributed by atoms with Crippen LogP contribution < -0.4 is 10.1 Å². The molecule has 7 heteroatoms. The van der Waals surface area contributed by atoms with Crippen molar-refractivity contribution in [1.82, 2.24) is 14.8 Å². The van der Waals surface area contributed by atoms with Crippen LogP contribution >= 0.6 is 11.3 Å². The summed E-state index contributed by atoms with van der Waals surface area (Å²) in [5.74, 6) is 0.532. The Morgan fingerprint density at radius 2 is 2.13 bits per heavy atom. The van der Waals surface area contributed by atoms with Gasteiger partial charge in [0.25, 0.3) is 0 Å². The molecule has 1 fully saturated rings. The van der Waals surface area contributed by atoms with Gasteiger partial charge in [0, 0.05) is 38.8 Å². The van der Waals surface area contributed by atoms with Crippen molar-refractivity contribution in [3.05, 3.63) is 40.7 Å². The summed E-state index contributed by atoms with van der Waals surface area (Å²) in [6, 6.07) is 5.60. The summed E-state index contributed by atoms with van der Waals surface area (Å²) in [4.78, 5) is 20.6. The van der Waals surface area contributed by atoms with Crippen molar-refractivity contribution in [1.29, 1.82) is 0 Å². The molecular formula is C16H20N4O2S. The first kappa shape index (κ1) is 15.8. The van der Waals surface area contributed by atoms with Gasteiger partial charge in [0.15, 0.2) is 0 Å². The number of methoxy groups -OCH3 is 1. The molecule has 23 heavy (non-hydrogen) atoms. The minimum atomic E-state index is -0.0767. The summed E-state index contributed by atoms with van der Waals surface area (Å²) < 4.78 is 5.01. The first-order chi connectivity index (χ1) is 11.2. The van der Waals surface area contributed by atoms with E-state index in [9.17, 15) is 4.79 Å². The van der Waals surface area contributed by atoms with E-state index in [4.69, 9.17) is 4.74 Å². The third-order valence-electron chi connectivity index (χ3n) is 3.84. The maximum atomic E-state index is 12.3. The molecule has 1 N–H and O–H groups in total. The van der Waals surface area contributed by atoms with E-state index in [0.29, 0.717) is 11.6 Å². The number of carbonyl (C=O) groups is 1. The van der Waals surface area contributed by atoms with Crippen molar-refractivity contribution in [2.24, 2.45) is 0 Å². The van der Waals surface area contributed by atoms with Crippen molar-refractivity contribution in [2.45, 2.75) is 6.54 Å². The number of urea groups is 1. The number of aromatic nitrogens is 1. The largest absolute Gasteiger partial charge is 0.481 e. The van der Waals surface area contributed by atoms with E-state index in [2.05, 4.69) is 32.0 Å². The van der Waals surface area contributed by atoms with E-state index in [0.717, 1.165) is 32.7 Å². The Labute approximate surface area is 139 Å². The number of rotatable bonds is 4. The molecule has 1 aliphatic rings. The van der Waals surface area contributed by atoms with Gasteiger partial charge in [0.1, 0.15) is 0 Å². The molecule has 2 aromatic rings. The first-order valence-corrected chi connectivity index (χ1v) is 8.48. The molecule has 122 valence electrons. The van der Waals surface area contributed by atoms with Crippen LogP contribution in [0.3, 0.4) is 0 Å². The maximum absolute atomic E-state index is 12.3. The van der Waals surface area contributed by atoms with Gasteiger partial charge >= 0.3 is 6.03 Å². The van der Waals surface area contributed by atoms with Gasteiger partial charge < -0.3 is 15.0 Å². The number of hydrogen-bond donors (Lipinski definition) is 1. The van der Waals surface area contributed by atoms with Gasteiger partial charge in [-0.3, -0.25) is 4.90 Å². The smallest absolute Gasteiger partial charge is 0.321 e. The lowest BCUT2D eigenvalue weighted by Crippen LogP contribution is -2.49. The average molecular weight is 332 g/mol. The van der Waals surface area contributed by atoms with Crippen LogP contribution in [-0.2, 0) is 6.54 Å². The Morgan fingerprint density at radius 3 is 2.74 bits per heavy atom. The minimum absolute atomic E-state index is 0.0767. The highest BCUT2D eigenvalue weighted by Crippen LogP contribution is 2.14. The van der Waals surface area contributed by atoms with E-state index >= 15 is 0 Å². The summed E-state index contributed by atoms with van der Waals surface area (Å²) in [5, 5.41) is 7.15. The molecule has 0 radical (unpaired) electrons. The molecule has 6 nitrogen and oxygen atoms in total. The predicted octanol–water partition coefficient (Wildman–Crippen LogP) is 2.50. The number of piperazine rings is 1. The molecule has 0 bridgehead atoms. The van der Waals surface area contributed by atoms with Crippen molar-refractivity contribution in [2.75, 3.05) is 38.6 Å². The Hall–Kier alpha value is -2.12. The number of pyridine rings is 1. The third kappa shape index (κ3) is 4.20. The zero-order valence-corrected chi connectivity index (χ0v) is 13.9. The van der Waals surface area contributed by atoms with Crippen molar-refractivity contribution in [3.8, 4) is 5.88 Å². The molecule has 3 heterocycles. The van der Waals surface area contributed by atoms with Gasteiger partial charge in [-0.1, -0.05) is 0 Å². The van der Waals surface area contributed by atoms with Crippen LogP contribution in [0.1, 0.15) is 5.56 Å². The van der Waals surface area contributed by atoms with Gasteiger partial charge in [-0.25, -0.2) is 9.78 Å². The second-order valence-electron chi connectivity index (χ2n) is 5.41. The number of nitrogens with one attached hydrogen (secondary N) is 1. The quantitative estimate of drug-likeness (QED) is 0.935.